The number of unbranched alkanes of at least 4 members (excludes halogenated alkanes) is 6. The van der Waals surface area contributed by atoms with Gasteiger partial charge >= 0.3 is 0 Å². The van der Waals surface area contributed by atoms with E-state index in [0.717, 1.165) is 19.4 Å². The van der Waals surface area contributed by atoms with Gasteiger partial charge in [-0.15, -0.1) is 0 Å². The summed E-state index contributed by atoms with van der Waals surface area (Å²) >= 11 is 0. The molecule has 0 saturated heterocycles. The minimum absolute atomic E-state index is 0. The van der Waals surface area contributed by atoms with Crippen molar-refractivity contribution in [2.75, 3.05) is 6.54 Å². The van der Waals surface area contributed by atoms with Crippen LogP contribution in [0.15, 0.2) is 0 Å². The van der Waals surface area contributed by atoms with Crippen LogP contribution in [-0.2, 0) is 4.79 Å². The van der Waals surface area contributed by atoms with E-state index in [1.54, 1.807) is 0 Å². The van der Waals surface area contributed by atoms with Gasteiger partial charge in [0.2, 0.25) is 0 Å². The van der Waals surface area contributed by atoms with E-state index in [0.29, 0.717) is 11.8 Å². The summed E-state index contributed by atoms with van der Waals surface area (Å²) in [7, 11) is 0. The first-order valence-corrected chi connectivity index (χ1v) is 7.80. The molecule has 110 valence electrons. The molecule has 0 radical (unpaired) electrons. The van der Waals surface area contributed by atoms with Gasteiger partial charge in [-0.25, -0.2) is 0 Å². The first-order chi connectivity index (χ1) is 8.54. The highest BCUT2D eigenvalue weighted by molar-refractivity contribution is 5.80. The molecule has 0 aliphatic carbocycles. The van der Waals surface area contributed by atoms with Gasteiger partial charge in [-0.3, -0.25) is 4.79 Å². The van der Waals surface area contributed by atoms with Gasteiger partial charge in [0, 0.05) is 19.8 Å². The molecule has 0 aromatic heterocycles. The number of nitrogens with one attached hydrogen (secondary N) is 1. The van der Waals surface area contributed by atoms with Crippen LogP contribution in [0.4, 0.5) is 0 Å². The molecule has 0 aliphatic heterocycles. The molecule has 0 aromatic rings. The molecule has 1 N–H and O–H groups in total. The van der Waals surface area contributed by atoms with Crippen LogP contribution in [0.1, 0.15) is 80.5 Å². The lowest BCUT2D eigenvalue weighted by Gasteiger charge is -2.07. The maximum atomic E-state index is 11.4. The third-order valence-corrected chi connectivity index (χ3v) is 3.30. The average Bonchev–Trinajstić information content (AvgIpc) is 2.30. The van der Waals surface area contributed by atoms with E-state index in [9.17, 15) is 4.79 Å². The molecule has 0 spiro atoms. The summed E-state index contributed by atoms with van der Waals surface area (Å²) in [5.41, 5.74) is 0. The smallest absolute Gasteiger partial charge is 0.135 e. The molecular weight excluding hydrogens is 222 g/mol. The van der Waals surface area contributed by atoms with Crippen molar-refractivity contribution in [3.05, 3.63) is 0 Å². The zero-order valence-corrected chi connectivity index (χ0v) is 12.9. The lowest BCUT2D eigenvalue weighted by atomic mass is 10.0. The Bertz CT molecular complexity index is 205. The zero-order valence-electron chi connectivity index (χ0n) is 12.9. The monoisotopic (exact) mass is 257 g/mol. The third kappa shape index (κ3) is 12.1. The quantitative estimate of drug-likeness (QED) is 0.519. The summed E-state index contributed by atoms with van der Waals surface area (Å²) < 4.78 is 0. The van der Waals surface area contributed by atoms with Crippen LogP contribution in [0, 0.1) is 5.92 Å². The molecule has 18 heavy (non-hydrogen) atoms. The Labute approximate surface area is 115 Å². The fraction of sp³-hybridized carbons (Fsp3) is 0.938. The zero-order chi connectivity index (χ0) is 13.8. The van der Waals surface area contributed by atoms with Crippen LogP contribution < -0.4 is 5.32 Å². The van der Waals surface area contributed by atoms with E-state index in [1.807, 2.05) is 13.8 Å². The molecule has 0 atom stereocenters. The number of ketones is 1. The number of carbonyl (C=O) groups is 1. The Balaban J connectivity index is 0. The number of hydrogen-bond acceptors (Lipinski definition) is 2. The fourth-order valence-corrected chi connectivity index (χ4v) is 1.99. The van der Waals surface area contributed by atoms with Gasteiger partial charge in [0.15, 0.2) is 0 Å². The van der Waals surface area contributed by atoms with E-state index in [-0.39, 0.29) is 7.34 Å². The second-order valence-corrected chi connectivity index (χ2v) is 5.95. The van der Waals surface area contributed by atoms with E-state index in [4.69, 9.17) is 0 Å². The summed E-state index contributed by atoms with van der Waals surface area (Å²) in [4.78, 5) is 11.4. The van der Waals surface area contributed by atoms with E-state index < -0.39 is 0 Å². The van der Waals surface area contributed by atoms with E-state index >= 15 is 0 Å². The topological polar surface area (TPSA) is 29.1 Å². The first-order valence-electron chi connectivity index (χ1n) is 7.80. The number of hydrogen-bond donors (Lipinski definition) is 1. The molecule has 0 fully saturated rings. The van der Waals surface area contributed by atoms with Gasteiger partial charge in [0.1, 0.15) is 5.78 Å². The predicted octanol–water partition coefficient (Wildman–Crippen LogP) is 4.58. The molecule has 0 heterocycles. The van der Waals surface area contributed by atoms with Crippen molar-refractivity contribution in [1.29, 1.82) is 0 Å². The number of Topliss-reactive ketones (excluding diaryl/α,β-unsaturated/α-hetero) is 1. The average molecular weight is 257 g/mol. The maximum absolute atomic E-state index is 11.4. The second-order valence-electron chi connectivity index (χ2n) is 5.95. The molecule has 0 aromatic carbocycles. The standard InChI is InChI=1S/C16H33NO.H2/c1-14(2)16(18)12-10-8-6-5-7-9-11-13-17-15(3)4;/h14-15,17H,5-13H2,1-4H3;1H. The summed E-state index contributed by atoms with van der Waals surface area (Å²) in [6.07, 6.45) is 9.71. The van der Waals surface area contributed by atoms with Crippen LogP contribution >= 0.6 is 0 Å². The SMILES string of the molecule is CC(C)NCCCCCCCCCC(=O)C(C)C.[HH]. The van der Waals surface area contributed by atoms with Crippen molar-refractivity contribution in [3.8, 4) is 0 Å². The van der Waals surface area contributed by atoms with Crippen molar-refractivity contribution in [2.24, 2.45) is 5.92 Å². The normalized spacial score (nSPS) is 11.4. The van der Waals surface area contributed by atoms with Gasteiger partial charge in [0.25, 0.3) is 0 Å². The molecule has 0 unspecified atom stereocenters. The molecule has 2 heteroatoms. The van der Waals surface area contributed by atoms with Crippen LogP contribution in [0.2, 0.25) is 0 Å². The highest BCUT2D eigenvalue weighted by Crippen LogP contribution is 2.10. The van der Waals surface area contributed by atoms with Crippen molar-refractivity contribution in [3.63, 3.8) is 0 Å². The Kier molecular flexibility index (Phi) is 11.5. The van der Waals surface area contributed by atoms with Crippen molar-refractivity contribution >= 4 is 5.78 Å². The Morgan fingerprint density at radius 2 is 1.39 bits per heavy atom. The predicted molar refractivity (Wildman–Crippen MR) is 82.0 cm³/mol. The number of rotatable bonds is 12. The van der Waals surface area contributed by atoms with Gasteiger partial charge < -0.3 is 5.32 Å². The molecule has 0 rings (SSSR count). The summed E-state index contributed by atoms with van der Waals surface area (Å²) in [6, 6.07) is 0.614. The van der Waals surface area contributed by atoms with Crippen LogP contribution in [0.25, 0.3) is 0 Å². The lowest BCUT2D eigenvalue weighted by Crippen LogP contribution is -2.23. The summed E-state index contributed by atoms with van der Waals surface area (Å²) in [5, 5.41) is 3.44. The largest absolute Gasteiger partial charge is 0.315 e. The van der Waals surface area contributed by atoms with Crippen LogP contribution in [0.3, 0.4) is 0 Å². The first kappa shape index (κ1) is 17.6. The minimum atomic E-state index is 0. The highest BCUT2D eigenvalue weighted by atomic mass is 16.1. The van der Waals surface area contributed by atoms with Crippen molar-refractivity contribution in [1.82, 2.24) is 5.32 Å². The molecule has 2 nitrogen and oxygen atoms in total. The Morgan fingerprint density at radius 3 is 1.89 bits per heavy atom. The molecule has 0 aliphatic rings. The molecule has 0 saturated carbocycles. The molecular formula is C16H35NO. The maximum Gasteiger partial charge on any atom is 0.135 e. The molecule has 0 amide bonds. The van der Waals surface area contributed by atoms with Gasteiger partial charge in [-0.1, -0.05) is 59.8 Å². The van der Waals surface area contributed by atoms with Crippen LogP contribution in [0.5, 0.6) is 0 Å². The van der Waals surface area contributed by atoms with Gasteiger partial charge in [-0.2, -0.15) is 0 Å². The van der Waals surface area contributed by atoms with E-state index in [2.05, 4.69) is 19.2 Å². The Hall–Kier alpha value is -0.370. The summed E-state index contributed by atoms with van der Waals surface area (Å²) in [6.45, 7) is 9.53. The lowest BCUT2D eigenvalue weighted by molar-refractivity contribution is -0.122. The van der Waals surface area contributed by atoms with Gasteiger partial charge in [0.05, 0.1) is 0 Å². The van der Waals surface area contributed by atoms with E-state index in [1.165, 1.54) is 38.5 Å². The number of carbonyl (C=O) groups excluding carboxylic acids is 1. The summed E-state index contributed by atoms with van der Waals surface area (Å²) in [5.74, 6) is 0.646. The van der Waals surface area contributed by atoms with Gasteiger partial charge in [-0.05, 0) is 19.4 Å². The third-order valence-electron chi connectivity index (χ3n) is 3.30. The minimum Gasteiger partial charge on any atom is -0.315 e. The van der Waals surface area contributed by atoms with Crippen molar-refractivity contribution < 1.29 is 6.22 Å². The van der Waals surface area contributed by atoms with Crippen LogP contribution in [-0.4, -0.2) is 18.4 Å². The second kappa shape index (κ2) is 11.7. The van der Waals surface area contributed by atoms with Crippen molar-refractivity contribution in [2.45, 2.75) is 85.1 Å². The fourth-order valence-electron chi connectivity index (χ4n) is 1.99. The Morgan fingerprint density at radius 1 is 0.889 bits per heavy atom. The molecule has 0 bridgehead atoms. The highest BCUT2D eigenvalue weighted by Gasteiger charge is 2.05.